The average Bonchev–Trinajstić information content (AvgIpc) is 2.98. The number of rotatable bonds is 7. The second kappa shape index (κ2) is 11.8. The van der Waals surface area contributed by atoms with Gasteiger partial charge in [0.05, 0.1) is 18.5 Å². The van der Waals surface area contributed by atoms with E-state index in [1.807, 2.05) is 16.7 Å². The topological polar surface area (TPSA) is 74.2 Å². The van der Waals surface area contributed by atoms with Crippen LogP contribution in [0.1, 0.15) is 30.0 Å². The largest absolute Gasteiger partial charge is 0.481 e. The number of anilines is 1. The summed E-state index contributed by atoms with van der Waals surface area (Å²) in [5.41, 5.74) is 3.92. The molecule has 2 aromatic carbocycles. The van der Waals surface area contributed by atoms with Crippen LogP contribution in [0.25, 0.3) is 5.70 Å². The van der Waals surface area contributed by atoms with Crippen LogP contribution in [-0.4, -0.2) is 71.3 Å². The maximum Gasteiger partial charge on any atom is 0.244 e. The fourth-order valence-corrected chi connectivity index (χ4v) is 4.96. The van der Waals surface area contributed by atoms with Crippen molar-refractivity contribution < 1.29 is 18.3 Å². The predicted molar refractivity (Wildman–Crippen MR) is 150 cm³/mol. The molecule has 1 saturated heterocycles. The minimum absolute atomic E-state index is 0.0131. The van der Waals surface area contributed by atoms with Crippen molar-refractivity contribution >= 4 is 23.3 Å². The third-order valence-electron chi connectivity index (χ3n) is 7.24. The van der Waals surface area contributed by atoms with E-state index in [1.54, 1.807) is 42.6 Å². The molecule has 208 valence electrons. The van der Waals surface area contributed by atoms with E-state index in [0.29, 0.717) is 38.0 Å². The standard InChI is InChI=1S/C30H32F2N6O2/c1-4-21-17-26(22-5-9-24(31)10-6-22)38(35-28(21)23-7-11-25(32)12-8-23)19-27(39)36-13-15-37(16-14-36)30-33-18-20(2)29(34-30)40-3/h5-12,17-18,21H,4,13-16,19H2,1-3H3. The molecule has 1 unspecified atom stereocenters. The molecule has 5 rings (SSSR count). The number of nitrogens with zero attached hydrogens (tertiary/aromatic N) is 6. The van der Waals surface area contributed by atoms with Crippen LogP contribution in [0, 0.1) is 24.5 Å². The lowest BCUT2D eigenvalue weighted by atomic mass is 9.91. The van der Waals surface area contributed by atoms with E-state index < -0.39 is 0 Å². The number of aromatic nitrogens is 2. The van der Waals surface area contributed by atoms with Gasteiger partial charge in [-0.2, -0.15) is 10.1 Å². The SMILES string of the molecule is CCC1C=C(c2ccc(F)cc2)N(CC(=O)N2CCN(c3ncc(C)c(OC)n3)CC2)N=C1c1ccc(F)cc1. The first-order valence-corrected chi connectivity index (χ1v) is 13.4. The molecule has 8 nitrogen and oxygen atoms in total. The van der Waals surface area contributed by atoms with Crippen molar-refractivity contribution in [1.29, 1.82) is 0 Å². The van der Waals surface area contributed by atoms with Crippen molar-refractivity contribution in [2.45, 2.75) is 20.3 Å². The fourth-order valence-electron chi connectivity index (χ4n) is 4.96. The molecule has 3 aromatic rings. The number of halogens is 2. The van der Waals surface area contributed by atoms with Gasteiger partial charge in [-0.15, -0.1) is 0 Å². The summed E-state index contributed by atoms with van der Waals surface area (Å²) >= 11 is 0. The van der Waals surface area contributed by atoms with Crippen LogP contribution in [0.15, 0.2) is 65.9 Å². The number of hydrazone groups is 1. The first-order valence-electron chi connectivity index (χ1n) is 13.4. The Bertz CT molecular complexity index is 1420. The number of methoxy groups -OCH3 is 1. The zero-order valence-corrected chi connectivity index (χ0v) is 22.8. The molecular formula is C30H32F2N6O2. The number of ether oxygens (including phenoxy) is 1. The van der Waals surface area contributed by atoms with Crippen LogP contribution >= 0.6 is 0 Å². The number of hydrogen-bond donors (Lipinski definition) is 0. The van der Waals surface area contributed by atoms with Gasteiger partial charge in [-0.3, -0.25) is 9.80 Å². The lowest BCUT2D eigenvalue weighted by Gasteiger charge is -2.37. The molecule has 0 saturated carbocycles. The maximum absolute atomic E-state index is 13.7. The number of piperazine rings is 1. The second-order valence-electron chi connectivity index (χ2n) is 9.85. The first-order chi connectivity index (χ1) is 19.4. The smallest absolute Gasteiger partial charge is 0.244 e. The monoisotopic (exact) mass is 546 g/mol. The Morgan fingerprint density at radius 2 is 1.60 bits per heavy atom. The highest BCUT2D eigenvalue weighted by molar-refractivity contribution is 6.05. The minimum atomic E-state index is -0.335. The highest BCUT2D eigenvalue weighted by Gasteiger charge is 2.29. The summed E-state index contributed by atoms with van der Waals surface area (Å²) in [6.45, 7) is 6.14. The van der Waals surface area contributed by atoms with Gasteiger partial charge in [0, 0.05) is 43.9 Å². The van der Waals surface area contributed by atoms with Crippen molar-refractivity contribution in [3.8, 4) is 5.88 Å². The molecule has 10 heteroatoms. The van der Waals surface area contributed by atoms with Crippen molar-refractivity contribution in [1.82, 2.24) is 19.9 Å². The van der Waals surface area contributed by atoms with E-state index in [9.17, 15) is 13.6 Å². The van der Waals surface area contributed by atoms with Gasteiger partial charge in [-0.25, -0.2) is 13.8 Å². The molecule has 0 bridgehead atoms. The summed E-state index contributed by atoms with van der Waals surface area (Å²) < 4.78 is 32.7. The highest BCUT2D eigenvalue weighted by atomic mass is 19.1. The summed E-state index contributed by atoms with van der Waals surface area (Å²) in [7, 11) is 1.58. The number of carbonyl (C=O) groups is 1. The van der Waals surface area contributed by atoms with Crippen molar-refractivity contribution in [3.63, 3.8) is 0 Å². The number of carbonyl (C=O) groups excluding carboxylic acids is 1. The molecule has 1 aromatic heterocycles. The molecule has 0 aliphatic carbocycles. The predicted octanol–water partition coefficient (Wildman–Crippen LogP) is 4.51. The minimum Gasteiger partial charge on any atom is -0.481 e. The zero-order chi connectivity index (χ0) is 28.2. The van der Waals surface area contributed by atoms with Crippen LogP contribution in [0.2, 0.25) is 0 Å². The van der Waals surface area contributed by atoms with Gasteiger partial charge < -0.3 is 14.5 Å². The van der Waals surface area contributed by atoms with Gasteiger partial charge in [0.25, 0.3) is 0 Å². The maximum atomic E-state index is 13.7. The summed E-state index contributed by atoms with van der Waals surface area (Å²) in [5.74, 6) is 0.328. The third-order valence-corrected chi connectivity index (χ3v) is 7.24. The van der Waals surface area contributed by atoms with E-state index in [2.05, 4.69) is 23.0 Å². The molecule has 0 N–H and O–H groups in total. The van der Waals surface area contributed by atoms with Gasteiger partial charge in [-0.05, 0) is 66.9 Å². The molecule has 1 amide bonds. The lowest BCUT2D eigenvalue weighted by Crippen LogP contribution is -2.51. The quantitative estimate of drug-likeness (QED) is 0.434. The Morgan fingerprint density at radius 1 is 0.975 bits per heavy atom. The van der Waals surface area contributed by atoms with Gasteiger partial charge in [0.2, 0.25) is 17.7 Å². The number of allylic oxidation sites excluding steroid dienone is 1. The Hall–Kier alpha value is -4.34. The van der Waals surface area contributed by atoms with Crippen LogP contribution in [0.3, 0.4) is 0 Å². The van der Waals surface area contributed by atoms with Crippen LogP contribution in [0.5, 0.6) is 5.88 Å². The second-order valence-corrected chi connectivity index (χ2v) is 9.85. The molecule has 3 heterocycles. The number of hydrogen-bond acceptors (Lipinski definition) is 7. The molecule has 0 spiro atoms. The van der Waals surface area contributed by atoms with E-state index in [4.69, 9.17) is 9.84 Å². The fraction of sp³-hybridized carbons (Fsp3) is 0.333. The van der Waals surface area contributed by atoms with E-state index in [0.717, 1.165) is 34.5 Å². The molecule has 40 heavy (non-hydrogen) atoms. The third kappa shape index (κ3) is 5.80. The van der Waals surface area contributed by atoms with Crippen LogP contribution < -0.4 is 9.64 Å². The van der Waals surface area contributed by atoms with Crippen LogP contribution in [-0.2, 0) is 4.79 Å². The van der Waals surface area contributed by atoms with Crippen LogP contribution in [0.4, 0.5) is 14.7 Å². The van der Waals surface area contributed by atoms with Gasteiger partial charge in [0.1, 0.15) is 18.2 Å². The number of amides is 1. The van der Waals surface area contributed by atoms with Gasteiger partial charge in [-0.1, -0.05) is 19.1 Å². The number of benzene rings is 2. The molecule has 2 aliphatic heterocycles. The normalized spacial score (nSPS) is 17.4. The molecular weight excluding hydrogens is 514 g/mol. The molecule has 1 fully saturated rings. The Morgan fingerprint density at radius 3 is 2.20 bits per heavy atom. The van der Waals surface area contributed by atoms with E-state index >= 15 is 0 Å². The molecule has 0 radical (unpaired) electrons. The zero-order valence-electron chi connectivity index (χ0n) is 22.8. The van der Waals surface area contributed by atoms with Crippen molar-refractivity contribution in [2.24, 2.45) is 11.0 Å². The van der Waals surface area contributed by atoms with E-state index in [-0.39, 0.29) is 30.0 Å². The van der Waals surface area contributed by atoms with Gasteiger partial charge in [0.15, 0.2) is 0 Å². The average molecular weight is 547 g/mol. The lowest BCUT2D eigenvalue weighted by molar-refractivity contribution is -0.132. The Kier molecular flexibility index (Phi) is 8.04. The summed E-state index contributed by atoms with van der Waals surface area (Å²) in [5, 5.41) is 6.59. The molecule has 1 atom stereocenters. The summed E-state index contributed by atoms with van der Waals surface area (Å²) in [4.78, 5) is 26.3. The number of aryl methyl sites for hydroxylation is 1. The van der Waals surface area contributed by atoms with Crippen molar-refractivity contribution in [3.05, 3.63) is 89.1 Å². The van der Waals surface area contributed by atoms with Gasteiger partial charge >= 0.3 is 0 Å². The summed E-state index contributed by atoms with van der Waals surface area (Å²) in [6, 6.07) is 12.4. The Labute approximate surface area is 232 Å². The van der Waals surface area contributed by atoms with E-state index in [1.165, 1.54) is 24.3 Å². The Balaban J connectivity index is 1.36. The first kappa shape index (κ1) is 27.2. The van der Waals surface area contributed by atoms with Crippen molar-refractivity contribution in [2.75, 3.05) is 44.7 Å². The molecule has 2 aliphatic rings. The summed E-state index contributed by atoms with van der Waals surface area (Å²) in [6.07, 6.45) is 4.56. The highest BCUT2D eigenvalue weighted by Crippen LogP contribution is 2.31.